The molecule has 1 N–H and O–H groups in total. The van der Waals surface area contributed by atoms with Gasteiger partial charge in [-0.05, 0) is 12.1 Å². The zero-order chi connectivity index (χ0) is 10.9. The van der Waals surface area contributed by atoms with Crippen LogP contribution in [0.2, 0.25) is 0 Å². The standard InChI is InChI=1S/C12H15NOS/c1-2-9-13-12(14)8-10-15-11-6-4-3-5-7-11/h2-7H,1,8-10H2,(H,13,14). The van der Waals surface area contributed by atoms with Gasteiger partial charge in [-0.25, -0.2) is 0 Å². The van der Waals surface area contributed by atoms with E-state index in [1.807, 2.05) is 30.3 Å². The molecule has 0 radical (unpaired) electrons. The summed E-state index contributed by atoms with van der Waals surface area (Å²) in [6.45, 7) is 4.09. The third kappa shape index (κ3) is 5.27. The van der Waals surface area contributed by atoms with Gasteiger partial charge in [0.05, 0.1) is 0 Å². The van der Waals surface area contributed by atoms with Crippen LogP contribution in [-0.4, -0.2) is 18.2 Å². The Kier molecular flexibility index (Phi) is 5.63. The highest BCUT2D eigenvalue weighted by atomic mass is 32.2. The van der Waals surface area contributed by atoms with Gasteiger partial charge in [-0.3, -0.25) is 4.79 Å². The fourth-order valence-electron chi connectivity index (χ4n) is 1.05. The van der Waals surface area contributed by atoms with Crippen LogP contribution in [0.4, 0.5) is 0 Å². The maximum absolute atomic E-state index is 11.2. The second-order valence-corrected chi connectivity index (χ2v) is 4.17. The monoisotopic (exact) mass is 221 g/mol. The van der Waals surface area contributed by atoms with Crippen molar-refractivity contribution < 1.29 is 4.79 Å². The molecule has 0 unspecified atom stereocenters. The summed E-state index contributed by atoms with van der Waals surface area (Å²) in [7, 11) is 0. The fraction of sp³-hybridized carbons (Fsp3) is 0.250. The molecule has 0 spiro atoms. The van der Waals surface area contributed by atoms with Crippen molar-refractivity contribution in [3.63, 3.8) is 0 Å². The molecule has 1 aromatic carbocycles. The molecule has 2 nitrogen and oxygen atoms in total. The summed E-state index contributed by atoms with van der Waals surface area (Å²) in [5.41, 5.74) is 0. The summed E-state index contributed by atoms with van der Waals surface area (Å²) in [4.78, 5) is 12.4. The van der Waals surface area contributed by atoms with Gasteiger partial charge in [0.15, 0.2) is 0 Å². The van der Waals surface area contributed by atoms with Crippen LogP contribution in [0.1, 0.15) is 6.42 Å². The van der Waals surface area contributed by atoms with Crippen LogP contribution in [0.5, 0.6) is 0 Å². The van der Waals surface area contributed by atoms with Gasteiger partial charge in [-0.15, -0.1) is 18.3 Å². The first kappa shape index (κ1) is 11.9. The maximum atomic E-state index is 11.2. The molecule has 0 aliphatic heterocycles. The molecule has 0 atom stereocenters. The van der Waals surface area contributed by atoms with E-state index in [4.69, 9.17) is 0 Å². The lowest BCUT2D eigenvalue weighted by molar-refractivity contribution is -0.120. The maximum Gasteiger partial charge on any atom is 0.221 e. The van der Waals surface area contributed by atoms with Crippen molar-refractivity contribution in [2.45, 2.75) is 11.3 Å². The van der Waals surface area contributed by atoms with Crippen molar-refractivity contribution in [2.24, 2.45) is 0 Å². The number of carbonyl (C=O) groups excluding carboxylic acids is 1. The van der Waals surface area contributed by atoms with E-state index >= 15 is 0 Å². The third-order valence-corrected chi connectivity index (χ3v) is 2.80. The molecule has 0 saturated heterocycles. The summed E-state index contributed by atoms with van der Waals surface area (Å²) in [5, 5.41) is 2.75. The van der Waals surface area contributed by atoms with Crippen LogP contribution < -0.4 is 5.32 Å². The Labute approximate surface area is 94.8 Å². The topological polar surface area (TPSA) is 29.1 Å². The molecule has 0 aromatic heterocycles. The van der Waals surface area contributed by atoms with Gasteiger partial charge < -0.3 is 5.32 Å². The summed E-state index contributed by atoms with van der Waals surface area (Å²) in [5.74, 6) is 0.894. The Morgan fingerprint density at radius 2 is 2.13 bits per heavy atom. The summed E-state index contributed by atoms with van der Waals surface area (Å²) >= 11 is 1.70. The average molecular weight is 221 g/mol. The van der Waals surface area contributed by atoms with E-state index in [0.29, 0.717) is 13.0 Å². The van der Waals surface area contributed by atoms with Crippen LogP contribution in [0.25, 0.3) is 0 Å². The lowest BCUT2D eigenvalue weighted by Crippen LogP contribution is -2.23. The van der Waals surface area contributed by atoms with Crippen LogP contribution >= 0.6 is 11.8 Å². The summed E-state index contributed by atoms with van der Waals surface area (Å²) in [6.07, 6.45) is 2.23. The van der Waals surface area contributed by atoms with Crippen molar-refractivity contribution in [2.75, 3.05) is 12.3 Å². The molecular weight excluding hydrogens is 206 g/mol. The number of benzene rings is 1. The molecule has 0 saturated carbocycles. The van der Waals surface area contributed by atoms with Gasteiger partial charge in [0.1, 0.15) is 0 Å². The van der Waals surface area contributed by atoms with E-state index in [1.165, 1.54) is 4.90 Å². The van der Waals surface area contributed by atoms with Crippen LogP contribution in [-0.2, 0) is 4.79 Å². The smallest absolute Gasteiger partial charge is 0.221 e. The minimum absolute atomic E-state index is 0.0818. The van der Waals surface area contributed by atoms with Gasteiger partial charge in [-0.2, -0.15) is 0 Å². The minimum Gasteiger partial charge on any atom is -0.353 e. The molecule has 1 amide bonds. The SMILES string of the molecule is C=CCNC(=O)CCSc1ccccc1. The molecule has 0 aliphatic rings. The quantitative estimate of drug-likeness (QED) is 0.590. The Bertz CT molecular complexity index is 311. The third-order valence-electron chi connectivity index (χ3n) is 1.78. The zero-order valence-corrected chi connectivity index (χ0v) is 9.43. The van der Waals surface area contributed by atoms with E-state index < -0.39 is 0 Å². The Balaban J connectivity index is 2.16. The van der Waals surface area contributed by atoms with E-state index in [2.05, 4.69) is 11.9 Å². The Morgan fingerprint density at radius 3 is 2.80 bits per heavy atom. The Hall–Kier alpha value is -1.22. The normalized spacial score (nSPS) is 9.60. The van der Waals surface area contributed by atoms with E-state index in [-0.39, 0.29) is 5.91 Å². The van der Waals surface area contributed by atoms with Crippen LogP contribution in [0.3, 0.4) is 0 Å². The first-order valence-corrected chi connectivity index (χ1v) is 5.87. The average Bonchev–Trinajstić information content (AvgIpc) is 2.28. The largest absolute Gasteiger partial charge is 0.353 e. The zero-order valence-electron chi connectivity index (χ0n) is 8.61. The second-order valence-electron chi connectivity index (χ2n) is 3.00. The first-order valence-electron chi connectivity index (χ1n) is 4.88. The molecule has 1 aromatic rings. The molecule has 0 fully saturated rings. The van der Waals surface area contributed by atoms with Crippen molar-refractivity contribution in [3.8, 4) is 0 Å². The van der Waals surface area contributed by atoms with Crippen LogP contribution in [0.15, 0.2) is 47.9 Å². The molecule has 0 aliphatic carbocycles. The number of hydrogen-bond acceptors (Lipinski definition) is 2. The number of thioether (sulfide) groups is 1. The van der Waals surface area contributed by atoms with Gasteiger partial charge in [0.25, 0.3) is 0 Å². The van der Waals surface area contributed by atoms with Gasteiger partial charge in [0, 0.05) is 23.6 Å². The lowest BCUT2D eigenvalue weighted by Gasteiger charge is -2.02. The molecule has 15 heavy (non-hydrogen) atoms. The first-order chi connectivity index (χ1) is 7.33. The van der Waals surface area contributed by atoms with Gasteiger partial charge in [-0.1, -0.05) is 24.3 Å². The highest BCUT2D eigenvalue weighted by Crippen LogP contribution is 2.17. The molecule has 0 bridgehead atoms. The van der Waals surface area contributed by atoms with Crippen molar-refractivity contribution in [3.05, 3.63) is 43.0 Å². The van der Waals surface area contributed by atoms with E-state index in [1.54, 1.807) is 17.8 Å². The van der Waals surface area contributed by atoms with Crippen molar-refractivity contribution >= 4 is 17.7 Å². The molecule has 3 heteroatoms. The van der Waals surface area contributed by atoms with Crippen LogP contribution in [0, 0.1) is 0 Å². The number of hydrogen-bond donors (Lipinski definition) is 1. The summed E-state index contributed by atoms with van der Waals surface area (Å²) < 4.78 is 0. The molecular formula is C12H15NOS. The Morgan fingerprint density at radius 1 is 1.40 bits per heavy atom. The van der Waals surface area contributed by atoms with Crippen molar-refractivity contribution in [1.29, 1.82) is 0 Å². The number of nitrogens with one attached hydrogen (secondary N) is 1. The lowest BCUT2D eigenvalue weighted by atomic mass is 10.4. The summed E-state index contributed by atoms with van der Waals surface area (Å²) in [6, 6.07) is 10.1. The van der Waals surface area contributed by atoms with Gasteiger partial charge in [0.2, 0.25) is 5.91 Å². The number of rotatable bonds is 6. The molecule has 1 rings (SSSR count). The predicted octanol–water partition coefficient (Wildman–Crippen LogP) is 2.47. The second kappa shape index (κ2) is 7.12. The molecule has 0 heterocycles. The number of amides is 1. The van der Waals surface area contributed by atoms with E-state index in [9.17, 15) is 4.79 Å². The van der Waals surface area contributed by atoms with Crippen molar-refractivity contribution in [1.82, 2.24) is 5.32 Å². The predicted molar refractivity (Wildman–Crippen MR) is 65.0 cm³/mol. The van der Waals surface area contributed by atoms with Gasteiger partial charge >= 0.3 is 0 Å². The molecule has 80 valence electrons. The highest BCUT2D eigenvalue weighted by Gasteiger charge is 1.99. The fourth-order valence-corrected chi connectivity index (χ4v) is 1.93. The van der Waals surface area contributed by atoms with E-state index in [0.717, 1.165) is 5.75 Å². The minimum atomic E-state index is 0.0818. The highest BCUT2D eigenvalue weighted by molar-refractivity contribution is 7.99. The number of carbonyl (C=O) groups is 1.